The molecule has 27 heavy (non-hydrogen) atoms. The van der Waals surface area contributed by atoms with Crippen molar-refractivity contribution in [1.82, 2.24) is 19.7 Å². The number of aromatic nitrogens is 3. The van der Waals surface area contributed by atoms with Crippen LogP contribution in [0.15, 0.2) is 18.2 Å². The van der Waals surface area contributed by atoms with Gasteiger partial charge >= 0.3 is 0 Å². The fourth-order valence-corrected chi connectivity index (χ4v) is 4.37. The van der Waals surface area contributed by atoms with Gasteiger partial charge < -0.3 is 9.47 Å². The molecule has 1 saturated heterocycles. The van der Waals surface area contributed by atoms with E-state index in [-0.39, 0.29) is 5.91 Å². The lowest BCUT2D eigenvalue weighted by molar-refractivity contribution is -0.132. The molecule has 1 N–H and O–H groups in total. The van der Waals surface area contributed by atoms with Gasteiger partial charge in [0.2, 0.25) is 5.91 Å². The molecular weight excluding hydrogens is 356 g/mol. The predicted octanol–water partition coefficient (Wildman–Crippen LogP) is 4.48. The monoisotopic (exact) mass is 386 g/mol. The van der Waals surface area contributed by atoms with Gasteiger partial charge in [0.1, 0.15) is 5.82 Å². The highest BCUT2D eigenvalue weighted by atomic mass is 32.1. The average molecular weight is 387 g/mol. The minimum absolute atomic E-state index is 0.260. The van der Waals surface area contributed by atoms with E-state index in [9.17, 15) is 4.79 Å². The van der Waals surface area contributed by atoms with Crippen molar-refractivity contribution in [1.29, 1.82) is 0 Å². The van der Waals surface area contributed by atoms with Gasteiger partial charge in [-0.15, -0.1) is 0 Å². The predicted molar refractivity (Wildman–Crippen MR) is 111 cm³/mol. The molecule has 1 aliphatic heterocycles. The van der Waals surface area contributed by atoms with Crippen molar-refractivity contribution < 1.29 is 4.79 Å². The molecule has 2 heterocycles. The Morgan fingerprint density at radius 1 is 1.30 bits per heavy atom. The van der Waals surface area contributed by atoms with Crippen molar-refractivity contribution in [3.8, 4) is 0 Å². The Hall–Kier alpha value is -1.95. The standard InChI is InChI=1S/C21H30N4OS/c1-14(2)25-20(22-23-21(25)27)18-9-11-24(12-10-18)19(26)8-7-17-6-5-15(3)13-16(17)4/h5-6,13-14,18H,7-12H2,1-4H3,(H,23,27). The maximum absolute atomic E-state index is 12.7. The van der Waals surface area contributed by atoms with Gasteiger partial charge in [0.25, 0.3) is 0 Å². The van der Waals surface area contributed by atoms with Crippen molar-refractivity contribution in [2.75, 3.05) is 13.1 Å². The van der Waals surface area contributed by atoms with Crippen LogP contribution >= 0.6 is 12.2 Å². The van der Waals surface area contributed by atoms with Gasteiger partial charge in [-0.2, -0.15) is 5.10 Å². The van der Waals surface area contributed by atoms with E-state index in [0.717, 1.165) is 38.2 Å². The molecule has 0 saturated carbocycles. The van der Waals surface area contributed by atoms with Crippen LogP contribution in [-0.4, -0.2) is 38.7 Å². The molecule has 1 aromatic carbocycles. The Balaban J connectivity index is 1.56. The summed E-state index contributed by atoms with van der Waals surface area (Å²) in [6, 6.07) is 6.76. The third kappa shape index (κ3) is 4.49. The highest BCUT2D eigenvalue weighted by Gasteiger charge is 2.27. The summed E-state index contributed by atoms with van der Waals surface area (Å²) in [5, 5.41) is 7.40. The number of H-pyrrole nitrogens is 1. The lowest BCUT2D eigenvalue weighted by Gasteiger charge is -2.32. The molecule has 6 heteroatoms. The number of aromatic amines is 1. The number of carbonyl (C=O) groups is 1. The fourth-order valence-electron chi connectivity index (χ4n) is 4.02. The number of piperidine rings is 1. The van der Waals surface area contributed by atoms with Crippen molar-refractivity contribution in [3.63, 3.8) is 0 Å². The molecule has 146 valence electrons. The summed E-state index contributed by atoms with van der Waals surface area (Å²) in [7, 11) is 0. The Morgan fingerprint density at radius 2 is 2.00 bits per heavy atom. The molecule has 0 unspecified atom stereocenters. The molecule has 0 spiro atoms. The zero-order valence-corrected chi connectivity index (χ0v) is 17.6. The fraction of sp³-hybridized carbons (Fsp3) is 0.571. The third-order valence-electron chi connectivity index (χ3n) is 5.57. The smallest absolute Gasteiger partial charge is 0.222 e. The van der Waals surface area contributed by atoms with Crippen LogP contribution in [0.25, 0.3) is 0 Å². The van der Waals surface area contributed by atoms with Gasteiger partial charge in [0, 0.05) is 31.5 Å². The zero-order chi connectivity index (χ0) is 19.6. The Bertz CT molecular complexity index is 859. The Kier molecular flexibility index (Phi) is 6.15. The summed E-state index contributed by atoms with van der Waals surface area (Å²) in [6.07, 6.45) is 3.29. The van der Waals surface area contributed by atoms with Gasteiger partial charge in [0.05, 0.1) is 0 Å². The van der Waals surface area contributed by atoms with E-state index in [0.29, 0.717) is 23.2 Å². The van der Waals surface area contributed by atoms with E-state index in [1.54, 1.807) is 0 Å². The van der Waals surface area contributed by atoms with Gasteiger partial charge in [-0.1, -0.05) is 23.8 Å². The molecule has 2 aromatic rings. The maximum atomic E-state index is 12.7. The number of carbonyl (C=O) groups excluding carboxylic acids is 1. The van der Waals surface area contributed by atoms with E-state index >= 15 is 0 Å². The van der Waals surface area contributed by atoms with E-state index in [2.05, 4.69) is 60.7 Å². The van der Waals surface area contributed by atoms with Crippen LogP contribution in [0, 0.1) is 18.6 Å². The molecule has 0 bridgehead atoms. The number of benzene rings is 1. The van der Waals surface area contributed by atoms with Gasteiger partial charge in [-0.05, 0) is 70.3 Å². The maximum Gasteiger partial charge on any atom is 0.222 e. The number of nitrogens with one attached hydrogen (secondary N) is 1. The minimum atomic E-state index is 0.260. The van der Waals surface area contributed by atoms with Gasteiger partial charge in [-0.3, -0.25) is 9.89 Å². The summed E-state index contributed by atoms with van der Waals surface area (Å²) in [4.78, 5) is 14.7. The summed E-state index contributed by atoms with van der Waals surface area (Å²) in [5.41, 5.74) is 3.82. The first-order valence-electron chi connectivity index (χ1n) is 9.87. The molecule has 1 aromatic heterocycles. The van der Waals surface area contributed by atoms with Crippen molar-refractivity contribution in [2.45, 2.75) is 65.3 Å². The Labute approximate surface area is 166 Å². The first-order valence-corrected chi connectivity index (χ1v) is 10.3. The van der Waals surface area contributed by atoms with E-state index in [4.69, 9.17) is 12.2 Å². The summed E-state index contributed by atoms with van der Waals surface area (Å²) in [6.45, 7) is 10.1. The van der Waals surface area contributed by atoms with Crippen LogP contribution in [0.2, 0.25) is 0 Å². The molecule has 1 amide bonds. The molecule has 5 nitrogen and oxygen atoms in total. The van der Waals surface area contributed by atoms with Crippen LogP contribution < -0.4 is 0 Å². The largest absolute Gasteiger partial charge is 0.343 e. The first-order chi connectivity index (χ1) is 12.9. The van der Waals surface area contributed by atoms with Crippen LogP contribution in [0.3, 0.4) is 0 Å². The number of nitrogens with zero attached hydrogens (tertiary/aromatic N) is 3. The number of hydrogen-bond donors (Lipinski definition) is 1. The summed E-state index contributed by atoms with van der Waals surface area (Å²) >= 11 is 5.36. The number of aryl methyl sites for hydroxylation is 3. The third-order valence-corrected chi connectivity index (χ3v) is 5.86. The topological polar surface area (TPSA) is 53.9 Å². The number of amides is 1. The van der Waals surface area contributed by atoms with Crippen molar-refractivity contribution in [3.05, 3.63) is 45.5 Å². The number of hydrogen-bond acceptors (Lipinski definition) is 3. The molecule has 1 aliphatic rings. The van der Waals surface area contributed by atoms with Gasteiger partial charge in [-0.25, -0.2) is 0 Å². The van der Waals surface area contributed by atoms with Crippen LogP contribution in [0.5, 0.6) is 0 Å². The average Bonchev–Trinajstić information content (AvgIpc) is 3.02. The van der Waals surface area contributed by atoms with E-state index in [1.807, 2.05) is 4.90 Å². The van der Waals surface area contributed by atoms with Crippen LogP contribution in [0.4, 0.5) is 0 Å². The summed E-state index contributed by atoms with van der Waals surface area (Å²) < 4.78 is 2.80. The molecule has 0 radical (unpaired) electrons. The Morgan fingerprint density at radius 3 is 2.63 bits per heavy atom. The number of rotatable bonds is 5. The quantitative estimate of drug-likeness (QED) is 0.771. The highest BCUT2D eigenvalue weighted by molar-refractivity contribution is 7.71. The van der Waals surface area contributed by atoms with Crippen molar-refractivity contribution >= 4 is 18.1 Å². The second kappa shape index (κ2) is 8.38. The first kappa shape index (κ1) is 19.8. The normalized spacial score (nSPS) is 15.5. The highest BCUT2D eigenvalue weighted by Crippen LogP contribution is 2.28. The zero-order valence-electron chi connectivity index (χ0n) is 16.8. The lowest BCUT2D eigenvalue weighted by Crippen LogP contribution is -2.38. The molecule has 0 atom stereocenters. The second-order valence-corrected chi connectivity index (χ2v) is 8.32. The summed E-state index contributed by atoms with van der Waals surface area (Å²) in [5.74, 6) is 1.66. The minimum Gasteiger partial charge on any atom is -0.343 e. The molecule has 3 rings (SSSR count). The second-order valence-electron chi connectivity index (χ2n) is 7.94. The van der Waals surface area contributed by atoms with Crippen LogP contribution in [0.1, 0.15) is 67.6 Å². The van der Waals surface area contributed by atoms with E-state index < -0.39 is 0 Å². The number of likely N-dealkylation sites (tertiary alicyclic amines) is 1. The molecule has 0 aliphatic carbocycles. The van der Waals surface area contributed by atoms with Gasteiger partial charge in [0.15, 0.2) is 4.77 Å². The molecule has 1 fully saturated rings. The SMILES string of the molecule is Cc1ccc(CCC(=O)N2CCC(c3n[nH]c(=S)n3C(C)C)CC2)c(C)c1. The van der Waals surface area contributed by atoms with Crippen LogP contribution in [-0.2, 0) is 11.2 Å². The molecular formula is C21H30N4OS. The van der Waals surface area contributed by atoms with E-state index in [1.165, 1.54) is 16.7 Å². The lowest BCUT2D eigenvalue weighted by atomic mass is 9.95. The van der Waals surface area contributed by atoms with Crippen molar-refractivity contribution in [2.24, 2.45) is 0 Å².